The molecule has 41 heavy (non-hydrogen) atoms. The molecule has 2 aromatic carbocycles. The highest BCUT2D eigenvalue weighted by atomic mass is 79.9. The molecule has 4 aliphatic rings. The first-order chi connectivity index (χ1) is 19.8. The van der Waals surface area contributed by atoms with Crippen LogP contribution in [0.1, 0.15) is 29.9 Å². The molecule has 4 atom stereocenters. The molecule has 2 N–H and O–H groups in total. The highest BCUT2D eigenvalue weighted by molar-refractivity contribution is 9.12. The Hall–Kier alpha value is -3.82. The van der Waals surface area contributed by atoms with Crippen molar-refractivity contribution in [2.45, 2.75) is 25.2 Å². The number of carbonyl (C=O) groups excluding carboxylic acids is 4. The number of hydrogen-bond donors (Lipinski definition) is 2. The topological polar surface area (TPSA) is 121 Å². The van der Waals surface area contributed by atoms with E-state index in [-0.39, 0.29) is 59.8 Å². The fourth-order valence-electron chi connectivity index (χ4n) is 6.76. The Balaban J connectivity index is 1.39. The number of rotatable bonds is 7. The number of aromatic hydroxyl groups is 1. The van der Waals surface area contributed by atoms with Gasteiger partial charge in [0.25, 0.3) is 0 Å². The number of imide groups is 1. The van der Waals surface area contributed by atoms with E-state index >= 15 is 0 Å². The quantitative estimate of drug-likeness (QED) is 0.276. The molecule has 0 radical (unpaired) electrons. The number of para-hydroxylation sites is 1. The third kappa shape index (κ3) is 4.67. The van der Waals surface area contributed by atoms with Crippen LogP contribution >= 0.6 is 15.9 Å². The second kappa shape index (κ2) is 10.9. The summed E-state index contributed by atoms with van der Waals surface area (Å²) in [5, 5.41) is 18.9. The summed E-state index contributed by atoms with van der Waals surface area (Å²) < 4.78 is 6.01. The molecule has 1 saturated heterocycles. The number of halogens is 1. The number of hydrogen-bond acceptors (Lipinski definition) is 7. The first-order valence-electron chi connectivity index (χ1n) is 13.6. The van der Waals surface area contributed by atoms with Crippen LogP contribution in [-0.4, -0.2) is 58.3 Å². The number of likely N-dealkylation sites (tertiary alicyclic amines) is 1. The summed E-state index contributed by atoms with van der Waals surface area (Å²) in [6, 6.07) is 13.9. The van der Waals surface area contributed by atoms with Crippen LogP contribution in [0, 0.1) is 17.8 Å². The summed E-state index contributed by atoms with van der Waals surface area (Å²) >= 11 is 3.25. The monoisotopic (exact) mass is 617 g/mol. The number of allylic oxidation sites excluding steroid dienone is 6. The molecule has 1 aliphatic heterocycles. The van der Waals surface area contributed by atoms with Crippen molar-refractivity contribution in [3.05, 3.63) is 93.0 Å². The Morgan fingerprint density at radius 2 is 1.73 bits per heavy atom. The van der Waals surface area contributed by atoms with Crippen LogP contribution in [0.25, 0.3) is 0 Å². The molecule has 210 valence electrons. The van der Waals surface area contributed by atoms with E-state index in [1.54, 1.807) is 36.4 Å². The Morgan fingerprint density at radius 1 is 0.976 bits per heavy atom. The van der Waals surface area contributed by atoms with E-state index in [2.05, 4.69) is 15.9 Å². The maximum atomic E-state index is 13.9. The Bertz CT molecular complexity index is 1550. The largest absolute Gasteiger partial charge is 0.508 e. The molecule has 3 aliphatic carbocycles. The van der Waals surface area contributed by atoms with E-state index in [0.29, 0.717) is 35.3 Å². The molecule has 0 saturated carbocycles. The number of Topliss-reactive ketones (excluding diaryl/α,β-unsaturated/α-hetero) is 1. The number of aliphatic hydroxyl groups excluding tert-OH is 1. The van der Waals surface area contributed by atoms with E-state index < -0.39 is 23.7 Å². The van der Waals surface area contributed by atoms with Crippen LogP contribution in [-0.2, 0) is 25.6 Å². The maximum absolute atomic E-state index is 13.9. The van der Waals surface area contributed by atoms with Gasteiger partial charge in [-0.2, -0.15) is 0 Å². The standard InChI is InChI=1S/C32H28BrNO7/c33-24-16-25(37)29-23(30(24)38)15-22-19(27(29)20-3-1-2-4-26(20)41-14-13-35)9-10-21-28(22)32(40)34(31(21)39)12-11-17-5-7-18(36)8-6-17/h1-9,16,21-22,27-28,35-36H,10-15H2/t21-,22+,27+,28-/m0/s1. The SMILES string of the molecule is O=C1C=C(Br)C(=O)C2=C1[C@@H](c1ccccc1OCCO)C1=CC[C@@H]3C(=O)N(CCc4ccc(O)cc4)C(=O)[C@@H]3[C@@H]1C2. The van der Waals surface area contributed by atoms with Gasteiger partial charge in [0.15, 0.2) is 11.6 Å². The van der Waals surface area contributed by atoms with Crippen molar-refractivity contribution in [1.82, 2.24) is 4.90 Å². The van der Waals surface area contributed by atoms with Gasteiger partial charge in [0.05, 0.1) is 22.9 Å². The highest BCUT2D eigenvalue weighted by Crippen LogP contribution is 2.56. The van der Waals surface area contributed by atoms with Gasteiger partial charge < -0.3 is 14.9 Å². The number of ketones is 2. The summed E-state index contributed by atoms with van der Waals surface area (Å²) in [5.74, 6) is -2.65. The smallest absolute Gasteiger partial charge is 0.233 e. The molecule has 0 unspecified atom stereocenters. The third-order valence-electron chi connectivity index (χ3n) is 8.56. The number of ether oxygens (including phenoxy) is 1. The van der Waals surface area contributed by atoms with Gasteiger partial charge in [-0.05, 0) is 64.9 Å². The zero-order valence-electron chi connectivity index (χ0n) is 22.1. The minimum absolute atomic E-state index is 0.0596. The number of benzene rings is 2. The van der Waals surface area contributed by atoms with Crippen LogP contribution in [0.15, 0.2) is 81.9 Å². The molecule has 0 bridgehead atoms. The predicted molar refractivity (Wildman–Crippen MR) is 152 cm³/mol. The van der Waals surface area contributed by atoms with Crippen molar-refractivity contribution in [3.63, 3.8) is 0 Å². The summed E-state index contributed by atoms with van der Waals surface area (Å²) in [6.45, 7) is 0.0915. The van der Waals surface area contributed by atoms with Gasteiger partial charge in [-0.15, -0.1) is 0 Å². The molecule has 0 spiro atoms. The lowest BCUT2D eigenvalue weighted by Crippen LogP contribution is -2.40. The van der Waals surface area contributed by atoms with Gasteiger partial charge >= 0.3 is 0 Å². The number of fused-ring (bicyclic) bond motifs is 3. The second-order valence-electron chi connectivity index (χ2n) is 10.7. The number of aliphatic hydroxyl groups is 1. The van der Waals surface area contributed by atoms with E-state index in [0.717, 1.165) is 11.1 Å². The fourth-order valence-corrected chi connectivity index (χ4v) is 7.20. The highest BCUT2D eigenvalue weighted by Gasteiger charge is 2.56. The molecular weight excluding hydrogens is 590 g/mol. The normalized spacial score (nSPS) is 25.5. The van der Waals surface area contributed by atoms with Crippen molar-refractivity contribution in [2.75, 3.05) is 19.8 Å². The van der Waals surface area contributed by atoms with Gasteiger partial charge in [0.1, 0.15) is 18.1 Å². The van der Waals surface area contributed by atoms with Crippen molar-refractivity contribution in [3.8, 4) is 11.5 Å². The lowest BCUT2D eigenvalue weighted by Gasteiger charge is -2.42. The van der Waals surface area contributed by atoms with Crippen molar-refractivity contribution in [2.24, 2.45) is 17.8 Å². The summed E-state index contributed by atoms with van der Waals surface area (Å²) in [4.78, 5) is 55.6. The van der Waals surface area contributed by atoms with Crippen molar-refractivity contribution < 1.29 is 34.1 Å². The number of phenolic OH excluding ortho intramolecular Hbond substituents is 1. The molecule has 9 heteroatoms. The van der Waals surface area contributed by atoms with Gasteiger partial charge in [-0.25, -0.2) is 0 Å². The van der Waals surface area contributed by atoms with E-state index in [1.165, 1.54) is 11.0 Å². The molecule has 1 heterocycles. The molecular formula is C32H28BrNO7. The minimum Gasteiger partial charge on any atom is -0.508 e. The zero-order chi connectivity index (χ0) is 28.8. The number of phenols is 1. The van der Waals surface area contributed by atoms with E-state index in [9.17, 15) is 29.4 Å². The molecule has 8 nitrogen and oxygen atoms in total. The van der Waals surface area contributed by atoms with E-state index in [4.69, 9.17) is 4.74 Å². The van der Waals surface area contributed by atoms with Crippen molar-refractivity contribution >= 4 is 39.3 Å². The summed E-state index contributed by atoms with van der Waals surface area (Å²) in [6.07, 6.45) is 4.28. The van der Waals surface area contributed by atoms with Gasteiger partial charge in [0, 0.05) is 35.2 Å². The average molecular weight is 618 g/mol. The third-order valence-corrected chi connectivity index (χ3v) is 9.15. The minimum atomic E-state index is -0.642. The number of amides is 2. The summed E-state index contributed by atoms with van der Waals surface area (Å²) in [5.41, 5.74) is 3.15. The fraction of sp³-hybridized carbons (Fsp3) is 0.312. The first-order valence-corrected chi connectivity index (χ1v) is 14.4. The Labute approximate surface area is 245 Å². The number of nitrogens with zero attached hydrogens (tertiary/aromatic N) is 1. The lowest BCUT2D eigenvalue weighted by atomic mass is 9.59. The first kappa shape index (κ1) is 27.4. The second-order valence-corrected chi connectivity index (χ2v) is 11.6. The molecule has 1 fully saturated rings. The van der Waals surface area contributed by atoms with Crippen LogP contribution in [0.3, 0.4) is 0 Å². The van der Waals surface area contributed by atoms with Crippen LogP contribution in [0.4, 0.5) is 0 Å². The molecule has 0 aromatic heterocycles. The zero-order valence-corrected chi connectivity index (χ0v) is 23.7. The summed E-state index contributed by atoms with van der Waals surface area (Å²) in [7, 11) is 0. The maximum Gasteiger partial charge on any atom is 0.233 e. The Morgan fingerprint density at radius 3 is 2.49 bits per heavy atom. The molecule has 2 amide bonds. The Kier molecular flexibility index (Phi) is 7.25. The van der Waals surface area contributed by atoms with Gasteiger partial charge in [-0.1, -0.05) is 42.0 Å². The predicted octanol–water partition coefficient (Wildman–Crippen LogP) is 3.77. The van der Waals surface area contributed by atoms with Crippen LogP contribution < -0.4 is 4.74 Å². The molecule has 2 aromatic rings. The lowest BCUT2D eigenvalue weighted by molar-refractivity contribution is -0.140. The van der Waals surface area contributed by atoms with Crippen LogP contribution in [0.2, 0.25) is 0 Å². The van der Waals surface area contributed by atoms with E-state index in [1.807, 2.05) is 18.2 Å². The average Bonchev–Trinajstić information content (AvgIpc) is 3.22. The molecule has 6 rings (SSSR count). The van der Waals surface area contributed by atoms with Crippen LogP contribution in [0.5, 0.6) is 11.5 Å². The van der Waals surface area contributed by atoms with Gasteiger partial charge in [0.2, 0.25) is 11.8 Å². The van der Waals surface area contributed by atoms with Crippen molar-refractivity contribution in [1.29, 1.82) is 0 Å². The number of carbonyl (C=O) groups is 4. The van der Waals surface area contributed by atoms with Gasteiger partial charge in [-0.3, -0.25) is 24.1 Å².